The molecule has 3 aromatic heterocycles. The van der Waals surface area contributed by atoms with Crippen molar-refractivity contribution in [1.29, 1.82) is 0 Å². The van der Waals surface area contributed by atoms with Gasteiger partial charge in [-0.25, -0.2) is 4.98 Å². The number of anilines is 1. The Kier molecular flexibility index (Phi) is 4.10. The van der Waals surface area contributed by atoms with E-state index in [0.717, 1.165) is 5.56 Å². The molecule has 7 heteroatoms. The van der Waals surface area contributed by atoms with Crippen molar-refractivity contribution in [3.8, 4) is 17.1 Å². The van der Waals surface area contributed by atoms with Gasteiger partial charge < -0.3 is 19.5 Å². The standard InChI is InChI=1S/C19H16N4O3/c1-25-17-6-15-13(5-14(17)18-10-21-11-26-18)16(24)7-19(23-15)22-9-12-3-2-4-20-8-12/h2-8,10-11H,9H2,1H3,(H2,22,23,24). The Bertz CT molecular complexity index is 1090. The monoisotopic (exact) mass is 348 g/mol. The molecule has 0 aliphatic rings. The second-order valence-electron chi connectivity index (χ2n) is 5.73. The van der Waals surface area contributed by atoms with Crippen molar-refractivity contribution < 1.29 is 9.15 Å². The molecule has 0 unspecified atom stereocenters. The number of nitrogens with zero attached hydrogens (tertiary/aromatic N) is 2. The zero-order chi connectivity index (χ0) is 17.9. The number of aromatic amines is 1. The quantitative estimate of drug-likeness (QED) is 0.575. The molecule has 0 saturated carbocycles. The van der Waals surface area contributed by atoms with E-state index in [1.807, 2.05) is 12.1 Å². The Morgan fingerprint density at radius 2 is 2.15 bits per heavy atom. The molecule has 0 saturated heterocycles. The summed E-state index contributed by atoms with van der Waals surface area (Å²) in [4.78, 5) is 23.8. The lowest BCUT2D eigenvalue weighted by atomic mass is 10.1. The van der Waals surface area contributed by atoms with Crippen molar-refractivity contribution in [2.45, 2.75) is 6.54 Å². The van der Waals surface area contributed by atoms with Gasteiger partial charge in [0.25, 0.3) is 0 Å². The van der Waals surface area contributed by atoms with E-state index in [9.17, 15) is 4.79 Å². The zero-order valence-corrected chi connectivity index (χ0v) is 14.0. The summed E-state index contributed by atoms with van der Waals surface area (Å²) in [6.45, 7) is 0.558. The van der Waals surface area contributed by atoms with E-state index in [1.165, 1.54) is 12.5 Å². The smallest absolute Gasteiger partial charge is 0.191 e. The number of rotatable bonds is 5. The fraction of sp³-hybridized carbons (Fsp3) is 0.105. The van der Waals surface area contributed by atoms with Crippen molar-refractivity contribution in [3.63, 3.8) is 0 Å². The molecule has 0 atom stereocenters. The van der Waals surface area contributed by atoms with Gasteiger partial charge in [0, 0.05) is 36.5 Å². The average Bonchev–Trinajstić information content (AvgIpc) is 3.21. The van der Waals surface area contributed by atoms with Crippen molar-refractivity contribution in [1.82, 2.24) is 15.0 Å². The van der Waals surface area contributed by atoms with Crippen LogP contribution in [0, 0.1) is 0 Å². The molecule has 0 aliphatic carbocycles. The highest BCUT2D eigenvalue weighted by Crippen LogP contribution is 2.32. The number of nitrogens with one attached hydrogen (secondary N) is 2. The summed E-state index contributed by atoms with van der Waals surface area (Å²) in [5, 5.41) is 3.75. The third kappa shape index (κ3) is 3.02. The summed E-state index contributed by atoms with van der Waals surface area (Å²) in [5.74, 6) is 1.76. The first-order chi connectivity index (χ1) is 12.7. The fourth-order valence-corrected chi connectivity index (χ4v) is 2.78. The molecule has 0 fully saturated rings. The lowest BCUT2D eigenvalue weighted by Crippen LogP contribution is -2.08. The molecule has 26 heavy (non-hydrogen) atoms. The second kappa shape index (κ2) is 6.72. The summed E-state index contributed by atoms with van der Waals surface area (Å²) in [6, 6.07) is 8.90. The Labute approximate surface area is 148 Å². The van der Waals surface area contributed by atoms with Crippen LogP contribution in [0.3, 0.4) is 0 Å². The van der Waals surface area contributed by atoms with Gasteiger partial charge >= 0.3 is 0 Å². The van der Waals surface area contributed by atoms with Crippen LogP contribution in [-0.4, -0.2) is 22.1 Å². The second-order valence-corrected chi connectivity index (χ2v) is 5.73. The Balaban J connectivity index is 1.73. The van der Waals surface area contributed by atoms with Gasteiger partial charge in [-0.1, -0.05) is 6.07 Å². The van der Waals surface area contributed by atoms with Gasteiger partial charge in [0.2, 0.25) is 0 Å². The minimum absolute atomic E-state index is 0.101. The number of oxazole rings is 1. The van der Waals surface area contributed by atoms with Crippen LogP contribution in [-0.2, 0) is 6.54 Å². The van der Waals surface area contributed by atoms with E-state index in [-0.39, 0.29) is 5.43 Å². The topological polar surface area (TPSA) is 93.0 Å². The first kappa shape index (κ1) is 15.9. The molecule has 7 nitrogen and oxygen atoms in total. The number of aromatic nitrogens is 3. The summed E-state index contributed by atoms with van der Waals surface area (Å²) in [6.07, 6.45) is 6.43. The average molecular weight is 348 g/mol. The molecule has 0 spiro atoms. The van der Waals surface area contributed by atoms with E-state index in [0.29, 0.717) is 40.3 Å². The molecule has 3 heterocycles. The van der Waals surface area contributed by atoms with Gasteiger partial charge in [0.1, 0.15) is 11.6 Å². The van der Waals surface area contributed by atoms with Crippen LogP contribution in [0.1, 0.15) is 5.56 Å². The Morgan fingerprint density at radius 3 is 2.88 bits per heavy atom. The van der Waals surface area contributed by atoms with Gasteiger partial charge in [0.05, 0.1) is 24.4 Å². The van der Waals surface area contributed by atoms with E-state index in [1.54, 1.807) is 37.8 Å². The first-order valence-electron chi connectivity index (χ1n) is 8.01. The lowest BCUT2D eigenvalue weighted by molar-refractivity contribution is 0.415. The highest BCUT2D eigenvalue weighted by Gasteiger charge is 2.13. The van der Waals surface area contributed by atoms with E-state index < -0.39 is 0 Å². The van der Waals surface area contributed by atoms with Crippen LogP contribution in [0.4, 0.5) is 5.82 Å². The summed E-state index contributed by atoms with van der Waals surface area (Å²) in [7, 11) is 1.57. The first-order valence-corrected chi connectivity index (χ1v) is 8.01. The van der Waals surface area contributed by atoms with Gasteiger partial charge in [-0.3, -0.25) is 9.78 Å². The molecule has 1 aromatic carbocycles. The Hall–Kier alpha value is -3.61. The molecule has 130 valence electrons. The van der Waals surface area contributed by atoms with Crippen molar-refractivity contribution in [2.75, 3.05) is 12.4 Å². The number of methoxy groups -OCH3 is 1. The van der Waals surface area contributed by atoms with E-state index in [4.69, 9.17) is 9.15 Å². The van der Waals surface area contributed by atoms with Gasteiger partial charge in [-0.05, 0) is 17.7 Å². The van der Waals surface area contributed by atoms with E-state index >= 15 is 0 Å². The number of hydrogen-bond donors (Lipinski definition) is 2. The number of pyridine rings is 2. The van der Waals surface area contributed by atoms with Crippen LogP contribution < -0.4 is 15.5 Å². The van der Waals surface area contributed by atoms with Crippen LogP contribution in [0.15, 0.2) is 64.5 Å². The highest BCUT2D eigenvalue weighted by molar-refractivity contribution is 5.88. The van der Waals surface area contributed by atoms with Gasteiger partial charge in [-0.15, -0.1) is 0 Å². The third-order valence-electron chi connectivity index (χ3n) is 4.05. The van der Waals surface area contributed by atoms with E-state index in [2.05, 4.69) is 20.3 Å². The number of H-pyrrole nitrogens is 1. The summed E-state index contributed by atoms with van der Waals surface area (Å²) >= 11 is 0. The summed E-state index contributed by atoms with van der Waals surface area (Å²) in [5.41, 5.74) is 2.27. The third-order valence-corrected chi connectivity index (χ3v) is 4.05. The molecule has 4 rings (SSSR count). The predicted octanol–water partition coefficient (Wildman–Crippen LogP) is 3.20. The highest BCUT2D eigenvalue weighted by atomic mass is 16.5. The van der Waals surface area contributed by atoms with Crippen LogP contribution >= 0.6 is 0 Å². The molecule has 0 aliphatic heterocycles. The van der Waals surface area contributed by atoms with Gasteiger partial charge in [0.15, 0.2) is 17.6 Å². The maximum atomic E-state index is 12.6. The summed E-state index contributed by atoms with van der Waals surface area (Å²) < 4.78 is 10.8. The van der Waals surface area contributed by atoms with Crippen molar-refractivity contribution in [3.05, 3.63) is 71.1 Å². The van der Waals surface area contributed by atoms with Crippen LogP contribution in [0.5, 0.6) is 5.75 Å². The molecule has 0 bridgehead atoms. The van der Waals surface area contributed by atoms with Crippen molar-refractivity contribution in [2.24, 2.45) is 0 Å². The number of ether oxygens (including phenoxy) is 1. The van der Waals surface area contributed by atoms with Crippen LogP contribution in [0.2, 0.25) is 0 Å². The fourth-order valence-electron chi connectivity index (χ4n) is 2.78. The molecule has 2 N–H and O–H groups in total. The Morgan fingerprint density at radius 1 is 1.23 bits per heavy atom. The number of fused-ring (bicyclic) bond motifs is 1. The molecular weight excluding hydrogens is 332 g/mol. The number of benzene rings is 1. The van der Waals surface area contributed by atoms with Crippen molar-refractivity contribution >= 4 is 16.7 Å². The molecular formula is C19H16N4O3. The maximum absolute atomic E-state index is 12.6. The zero-order valence-electron chi connectivity index (χ0n) is 14.0. The minimum atomic E-state index is -0.101. The number of hydrogen-bond acceptors (Lipinski definition) is 6. The maximum Gasteiger partial charge on any atom is 0.191 e. The van der Waals surface area contributed by atoms with Gasteiger partial charge in [-0.2, -0.15) is 0 Å². The SMILES string of the molecule is COc1cc2[nH]c(NCc3cccnc3)cc(=O)c2cc1-c1cnco1. The van der Waals surface area contributed by atoms with Crippen LogP contribution in [0.25, 0.3) is 22.2 Å². The lowest BCUT2D eigenvalue weighted by Gasteiger charge is -2.11. The largest absolute Gasteiger partial charge is 0.496 e. The normalized spacial score (nSPS) is 10.8. The molecule has 0 radical (unpaired) electrons. The molecule has 0 amide bonds. The molecule has 4 aromatic rings. The minimum Gasteiger partial charge on any atom is -0.496 e. The predicted molar refractivity (Wildman–Crippen MR) is 98.2 cm³/mol.